The van der Waals surface area contributed by atoms with Crippen LogP contribution in [0.1, 0.15) is 58.8 Å². The number of amides is 1. The first-order valence-electron chi connectivity index (χ1n) is 9.15. The molecule has 0 radical (unpaired) electrons. The second kappa shape index (κ2) is 6.48. The SMILES string of the molecule is CCO[C@H]1C[C@@H](O)C12CCN(C(=O)C1CCC(C)CC1)CC2. The van der Waals surface area contributed by atoms with Crippen molar-refractivity contribution in [2.24, 2.45) is 17.3 Å². The van der Waals surface area contributed by atoms with Gasteiger partial charge in [-0.05, 0) is 51.4 Å². The Hall–Kier alpha value is -0.610. The van der Waals surface area contributed by atoms with E-state index >= 15 is 0 Å². The predicted molar refractivity (Wildman–Crippen MR) is 85.4 cm³/mol. The minimum absolute atomic E-state index is 0.0755. The Bertz CT molecular complexity index is 393. The van der Waals surface area contributed by atoms with Crippen molar-refractivity contribution in [3.63, 3.8) is 0 Å². The molecule has 1 aliphatic heterocycles. The number of piperidine rings is 1. The summed E-state index contributed by atoms with van der Waals surface area (Å²) in [5, 5.41) is 10.2. The monoisotopic (exact) mass is 309 g/mol. The predicted octanol–water partition coefficient (Wildman–Crippen LogP) is 2.59. The fourth-order valence-electron chi connectivity index (χ4n) is 4.73. The smallest absolute Gasteiger partial charge is 0.225 e. The van der Waals surface area contributed by atoms with Crippen molar-refractivity contribution >= 4 is 5.91 Å². The van der Waals surface area contributed by atoms with Crippen LogP contribution < -0.4 is 0 Å². The number of likely N-dealkylation sites (tertiary alicyclic amines) is 1. The third-order valence-corrected chi connectivity index (χ3v) is 6.48. The summed E-state index contributed by atoms with van der Waals surface area (Å²) in [4.78, 5) is 14.8. The summed E-state index contributed by atoms with van der Waals surface area (Å²) < 4.78 is 5.80. The highest BCUT2D eigenvalue weighted by Gasteiger charge is 2.56. The molecule has 0 aromatic rings. The van der Waals surface area contributed by atoms with Crippen molar-refractivity contribution in [2.45, 2.75) is 71.0 Å². The molecule has 1 spiro atoms. The average Bonchev–Trinajstić information content (AvgIpc) is 2.55. The molecule has 4 nitrogen and oxygen atoms in total. The van der Waals surface area contributed by atoms with Crippen molar-refractivity contribution in [3.05, 3.63) is 0 Å². The van der Waals surface area contributed by atoms with Crippen LogP contribution in [-0.2, 0) is 9.53 Å². The maximum Gasteiger partial charge on any atom is 0.225 e. The average molecular weight is 309 g/mol. The Morgan fingerprint density at radius 3 is 2.41 bits per heavy atom. The first-order chi connectivity index (χ1) is 10.6. The van der Waals surface area contributed by atoms with Crippen LogP contribution in [0.2, 0.25) is 0 Å². The van der Waals surface area contributed by atoms with Crippen LogP contribution in [-0.4, -0.2) is 47.8 Å². The maximum atomic E-state index is 12.7. The van der Waals surface area contributed by atoms with Gasteiger partial charge in [-0.15, -0.1) is 0 Å². The first-order valence-corrected chi connectivity index (χ1v) is 9.15. The van der Waals surface area contributed by atoms with E-state index in [9.17, 15) is 9.90 Å². The van der Waals surface area contributed by atoms with Crippen molar-refractivity contribution in [1.29, 1.82) is 0 Å². The van der Waals surface area contributed by atoms with E-state index in [-0.39, 0.29) is 23.5 Å². The molecule has 4 heteroatoms. The number of carbonyl (C=O) groups excluding carboxylic acids is 1. The topological polar surface area (TPSA) is 49.8 Å². The Balaban J connectivity index is 1.54. The fraction of sp³-hybridized carbons (Fsp3) is 0.944. The Morgan fingerprint density at radius 1 is 1.23 bits per heavy atom. The maximum absolute atomic E-state index is 12.7. The lowest BCUT2D eigenvalue weighted by atomic mass is 9.58. The third-order valence-electron chi connectivity index (χ3n) is 6.48. The molecule has 0 aromatic carbocycles. The van der Waals surface area contributed by atoms with E-state index < -0.39 is 0 Å². The fourth-order valence-corrected chi connectivity index (χ4v) is 4.73. The number of aliphatic hydroxyl groups is 1. The molecule has 3 fully saturated rings. The zero-order valence-electron chi connectivity index (χ0n) is 14.1. The minimum atomic E-state index is -0.239. The minimum Gasteiger partial charge on any atom is -0.392 e. The van der Waals surface area contributed by atoms with E-state index in [0.717, 1.165) is 51.1 Å². The van der Waals surface area contributed by atoms with Crippen LogP contribution in [0.25, 0.3) is 0 Å². The molecule has 1 amide bonds. The standard InChI is InChI=1S/C18H31NO3/c1-3-22-16-12-15(20)18(16)8-10-19(11-9-18)17(21)14-6-4-13(2)5-7-14/h13-16,20H,3-12H2,1-2H3/t13?,14?,15-,16+/m1/s1. The molecule has 2 atom stereocenters. The normalized spacial score (nSPS) is 37.9. The summed E-state index contributed by atoms with van der Waals surface area (Å²) in [6.07, 6.45) is 7.03. The van der Waals surface area contributed by atoms with Crippen molar-refractivity contribution in [3.8, 4) is 0 Å². The number of ether oxygens (including phenoxy) is 1. The number of hydrogen-bond acceptors (Lipinski definition) is 3. The van der Waals surface area contributed by atoms with Crippen LogP contribution in [0.15, 0.2) is 0 Å². The number of aliphatic hydroxyl groups excluding tert-OH is 1. The second-order valence-corrected chi connectivity index (χ2v) is 7.71. The van der Waals surface area contributed by atoms with Crippen LogP contribution in [0, 0.1) is 17.3 Å². The number of carbonyl (C=O) groups is 1. The number of nitrogens with zero attached hydrogens (tertiary/aromatic N) is 1. The van der Waals surface area contributed by atoms with E-state index in [4.69, 9.17) is 4.74 Å². The summed E-state index contributed by atoms with van der Waals surface area (Å²) in [5.74, 6) is 1.40. The second-order valence-electron chi connectivity index (χ2n) is 7.71. The van der Waals surface area contributed by atoms with E-state index in [1.54, 1.807) is 0 Å². The van der Waals surface area contributed by atoms with E-state index in [1.807, 2.05) is 6.92 Å². The zero-order valence-corrected chi connectivity index (χ0v) is 14.1. The van der Waals surface area contributed by atoms with Gasteiger partial charge in [0.05, 0.1) is 12.2 Å². The molecule has 0 bridgehead atoms. The summed E-state index contributed by atoms with van der Waals surface area (Å²) in [7, 11) is 0. The summed E-state index contributed by atoms with van der Waals surface area (Å²) in [5.41, 5.74) is -0.0755. The van der Waals surface area contributed by atoms with Gasteiger partial charge in [-0.1, -0.05) is 6.92 Å². The molecular formula is C18H31NO3. The highest BCUT2D eigenvalue weighted by atomic mass is 16.5. The molecule has 3 aliphatic rings. The number of rotatable bonds is 3. The van der Waals surface area contributed by atoms with Crippen molar-refractivity contribution in [1.82, 2.24) is 4.90 Å². The van der Waals surface area contributed by atoms with E-state index in [0.29, 0.717) is 12.5 Å². The van der Waals surface area contributed by atoms with Crippen molar-refractivity contribution in [2.75, 3.05) is 19.7 Å². The Labute approximate surface area is 134 Å². The van der Waals surface area contributed by atoms with Crippen LogP contribution in [0.5, 0.6) is 0 Å². The van der Waals surface area contributed by atoms with Crippen LogP contribution in [0.3, 0.4) is 0 Å². The summed E-state index contributed by atoms with van der Waals surface area (Å²) >= 11 is 0. The quantitative estimate of drug-likeness (QED) is 0.872. The lowest BCUT2D eigenvalue weighted by Gasteiger charge is -2.56. The molecule has 3 rings (SSSR count). The molecule has 1 N–H and O–H groups in total. The largest absolute Gasteiger partial charge is 0.392 e. The third kappa shape index (κ3) is 2.80. The van der Waals surface area contributed by atoms with Gasteiger partial charge in [0.15, 0.2) is 0 Å². The summed E-state index contributed by atoms with van der Waals surface area (Å²) in [6.45, 7) is 6.61. The van der Waals surface area contributed by atoms with Crippen LogP contribution in [0.4, 0.5) is 0 Å². The molecule has 0 unspecified atom stereocenters. The van der Waals surface area contributed by atoms with Gasteiger partial charge in [-0.2, -0.15) is 0 Å². The first kappa shape index (κ1) is 16.3. The van der Waals surface area contributed by atoms with Crippen LogP contribution >= 0.6 is 0 Å². The molecule has 1 saturated heterocycles. The van der Waals surface area contributed by atoms with Gasteiger partial charge >= 0.3 is 0 Å². The molecule has 1 heterocycles. The van der Waals surface area contributed by atoms with E-state index in [1.165, 1.54) is 12.8 Å². The molecule has 126 valence electrons. The molecular weight excluding hydrogens is 278 g/mol. The Morgan fingerprint density at radius 2 is 1.86 bits per heavy atom. The van der Waals surface area contributed by atoms with Gasteiger partial charge in [0.1, 0.15) is 0 Å². The Kier molecular flexibility index (Phi) is 4.79. The van der Waals surface area contributed by atoms with Gasteiger partial charge < -0.3 is 14.7 Å². The number of hydrogen-bond donors (Lipinski definition) is 1. The highest BCUT2D eigenvalue weighted by Crippen LogP contribution is 2.51. The lowest BCUT2D eigenvalue weighted by Crippen LogP contribution is -2.63. The molecule has 2 saturated carbocycles. The van der Waals surface area contributed by atoms with Gasteiger partial charge in [-0.25, -0.2) is 0 Å². The summed E-state index contributed by atoms with van der Waals surface area (Å²) in [6, 6.07) is 0. The lowest BCUT2D eigenvalue weighted by molar-refractivity contribution is -0.210. The molecule has 22 heavy (non-hydrogen) atoms. The van der Waals surface area contributed by atoms with Gasteiger partial charge in [0, 0.05) is 37.5 Å². The molecule has 0 aromatic heterocycles. The van der Waals surface area contributed by atoms with Gasteiger partial charge in [-0.3, -0.25) is 4.79 Å². The zero-order chi connectivity index (χ0) is 15.7. The van der Waals surface area contributed by atoms with E-state index in [2.05, 4.69) is 11.8 Å². The van der Waals surface area contributed by atoms with Gasteiger partial charge in [0.2, 0.25) is 5.91 Å². The highest BCUT2D eigenvalue weighted by molar-refractivity contribution is 5.79. The molecule has 2 aliphatic carbocycles. The van der Waals surface area contributed by atoms with Gasteiger partial charge in [0.25, 0.3) is 0 Å². The van der Waals surface area contributed by atoms with Crippen molar-refractivity contribution < 1.29 is 14.6 Å².